The van der Waals surface area contributed by atoms with Crippen LogP contribution in [0.5, 0.6) is 0 Å². The van der Waals surface area contributed by atoms with E-state index in [1.165, 1.54) is 12.1 Å². The molecule has 0 aliphatic rings. The van der Waals surface area contributed by atoms with Gasteiger partial charge in [-0.15, -0.1) is 0 Å². The lowest BCUT2D eigenvalue weighted by molar-refractivity contribution is 0.0572. The van der Waals surface area contributed by atoms with Crippen molar-refractivity contribution >= 4 is 11.0 Å². The van der Waals surface area contributed by atoms with E-state index in [1.54, 1.807) is 12.1 Å². The molecular formula is C13H17FN2O2. The summed E-state index contributed by atoms with van der Waals surface area (Å²) in [6, 6.07) is 5.92. The molecule has 1 unspecified atom stereocenters. The first-order valence-electron chi connectivity index (χ1n) is 5.87. The quantitative estimate of drug-likeness (QED) is 0.634. The zero-order valence-electron chi connectivity index (χ0n) is 10.4. The zero-order valence-corrected chi connectivity index (χ0v) is 10.4. The van der Waals surface area contributed by atoms with E-state index in [-0.39, 0.29) is 18.0 Å². The summed E-state index contributed by atoms with van der Waals surface area (Å²) >= 11 is 0. The first kappa shape index (κ1) is 13.0. The van der Waals surface area contributed by atoms with Crippen LogP contribution < -0.4 is 11.3 Å². The largest absolute Gasteiger partial charge is 0.459 e. The van der Waals surface area contributed by atoms with Crippen molar-refractivity contribution in [1.82, 2.24) is 5.43 Å². The molecule has 0 aliphatic carbocycles. The van der Waals surface area contributed by atoms with E-state index in [2.05, 4.69) is 5.43 Å². The third kappa shape index (κ3) is 2.87. The molecule has 2 aromatic rings. The second-order valence-corrected chi connectivity index (χ2v) is 4.43. The number of nitrogens with one attached hydrogen (secondary N) is 1. The Kier molecular flexibility index (Phi) is 3.96. The van der Waals surface area contributed by atoms with Crippen LogP contribution in [-0.2, 0) is 4.74 Å². The van der Waals surface area contributed by atoms with Crippen LogP contribution in [0.2, 0.25) is 0 Å². The maximum Gasteiger partial charge on any atom is 0.134 e. The molecule has 0 bridgehead atoms. The van der Waals surface area contributed by atoms with Crippen LogP contribution in [-0.4, -0.2) is 12.7 Å². The van der Waals surface area contributed by atoms with Crippen LogP contribution in [0.25, 0.3) is 11.0 Å². The molecule has 18 heavy (non-hydrogen) atoms. The van der Waals surface area contributed by atoms with Gasteiger partial charge in [0.15, 0.2) is 0 Å². The summed E-state index contributed by atoms with van der Waals surface area (Å²) in [5, 5.41) is 0.717. The van der Waals surface area contributed by atoms with Crippen molar-refractivity contribution in [3.8, 4) is 0 Å². The van der Waals surface area contributed by atoms with Gasteiger partial charge in [-0.2, -0.15) is 0 Å². The van der Waals surface area contributed by atoms with Gasteiger partial charge in [-0.3, -0.25) is 5.84 Å². The smallest absolute Gasteiger partial charge is 0.134 e. The fourth-order valence-electron chi connectivity index (χ4n) is 1.71. The number of ether oxygens (including phenoxy) is 1. The van der Waals surface area contributed by atoms with Gasteiger partial charge in [-0.1, -0.05) is 0 Å². The minimum absolute atomic E-state index is 0.114. The molecule has 4 nitrogen and oxygen atoms in total. The number of halogens is 1. The lowest BCUT2D eigenvalue weighted by Gasteiger charge is -2.15. The number of rotatable bonds is 5. The average molecular weight is 252 g/mol. The molecule has 1 atom stereocenters. The Morgan fingerprint density at radius 3 is 2.83 bits per heavy atom. The van der Waals surface area contributed by atoms with E-state index in [0.717, 1.165) is 5.39 Å². The predicted octanol–water partition coefficient (Wildman–Crippen LogP) is 2.50. The molecule has 1 aromatic carbocycles. The number of hydrazine groups is 1. The van der Waals surface area contributed by atoms with Gasteiger partial charge in [0.25, 0.3) is 0 Å². The van der Waals surface area contributed by atoms with E-state index < -0.39 is 0 Å². The summed E-state index contributed by atoms with van der Waals surface area (Å²) in [5.41, 5.74) is 3.27. The van der Waals surface area contributed by atoms with Gasteiger partial charge in [-0.05, 0) is 38.1 Å². The van der Waals surface area contributed by atoms with Gasteiger partial charge >= 0.3 is 0 Å². The SMILES string of the molecule is CC(C)OCC(NN)c1cc2cc(F)ccc2o1. The molecule has 1 aromatic heterocycles. The number of hydrogen-bond acceptors (Lipinski definition) is 4. The Balaban J connectivity index is 2.22. The van der Waals surface area contributed by atoms with Gasteiger partial charge in [0.1, 0.15) is 23.2 Å². The van der Waals surface area contributed by atoms with Crippen LogP contribution in [0.3, 0.4) is 0 Å². The summed E-state index contributed by atoms with van der Waals surface area (Å²) in [7, 11) is 0. The van der Waals surface area contributed by atoms with E-state index >= 15 is 0 Å². The second-order valence-electron chi connectivity index (χ2n) is 4.43. The van der Waals surface area contributed by atoms with Gasteiger partial charge in [0.2, 0.25) is 0 Å². The number of furan rings is 1. The number of fused-ring (bicyclic) bond motifs is 1. The Labute approximate surface area is 105 Å². The minimum atomic E-state index is -0.287. The number of benzene rings is 1. The molecule has 5 heteroatoms. The molecule has 3 N–H and O–H groups in total. The fraction of sp³-hybridized carbons (Fsp3) is 0.385. The summed E-state index contributed by atoms with van der Waals surface area (Å²) in [5.74, 6) is 5.83. The average Bonchev–Trinajstić information content (AvgIpc) is 2.72. The molecule has 0 spiro atoms. The highest BCUT2D eigenvalue weighted by atomic mass is 19.1. The molecule has 2 rings (SSSR count). The summed E-state index contributed by atoms with van der Waals surface area (Å²) in [4.78, 5) is 0. The highest BCUT2D eigenvalue weighted by molar-refractivity contribution is 5.78. The van der Waals surface area contributed by atoms with Crippen LogP contribution in [0.15, 0.2) is 28.7 Å². The molecule has 0 aliphatic heterocycles. The first-order valence-corrected chi connectivity index (χ1v) is 5.87. The van der Waals surface area contributed by atoms with Crippen molar-refractivity contribution in [1.29, 1.82) is 0 Å². The van der Waals surface area contributed by atoms with Gasteiger partial charge < -0.3 is 9.15 Å². The molecule has 1 heterocycles. The van der Waals surface area contributed by atoms with Crippen LogP contribution in [0.4, 0.5) is 4.39 Å². The standard InChI is InChI=1S/C13H17FN2O2/c1-8(2)17-7-11(16-15)13-6-9-5-10(14)3-4-12(9)18-13/h3-6,8,11,16H,7,15H2,1-2H3. The van der Waals surface area contributed by atoms with Gasteiger partial charge in [0.05, 0.1) is 12.7 Å². The molecule has 0 saturated carbocycles. The van der Waals surface area contributed by atoms with Crippen molar-refractivity contribution in [2.45, 2.75) is 26.0 Å². The highest BCUT2D eigenvalue weighted by Gasteiger charge is 2.16. The predicted molar refractivity (Wildman–Crippen MR) is 67.3 cm³/mol. The van der Waals surface area contributed by atoms with Crippen LogP contribution >= 0.6 is 0 Å². The number of nitrogens with two attached hydrogens (primary N) is 1. The second kappa shape index (κ2) is 5.48. The van der Waals surface area contributed by atoms with E-state index in [0.29, 0.717) is 18.0 Å². The van der Waals surface area contributed by atoms with Gasteiger partial charge in [-0.25, -0.2) is 9.82 Å². The normalized spacial score (nSPS) is 13.4. The van der Waals surface area contributed by atoms with Crippen molar-refractivity contribution in [2.75, 3.05) is 6.61 Å². The third-order valence-corrected chi connectivity index (χ3v) is 2.64. The van der Waals surface area contributed by atoms with Crippen molar-refractivity contribution in [3.63, 3.8) is 0 Å². The number of hydrogen-bond donors (Lipinski definition) is 2. The van der Waals surface area contributed by atoms with Crippen molar-refractivity contribution in [2.24, 2.45) is 5.84 Å². The molecule has 0 radical (unpaired) electrons. The molecule has 0 fully saturated rings. The Morgan fingerprint density at radius 1 is 1.39 bits per heavy atom. The van der Waals surface area contributed by atoms with Crippen LogP contribution in [0.1, 0.15) is 25.6 Å². The van der Waals surface area contributed by atoms with E-state index in [9.17, 15) is 4.39 Å². The van der Waals surface area contributed by atoms with Crippen molar-refractivity contribution in [3.05, 3.63) is 35.8 Å². The third-order valence-electron chi connectivity index (χ3n) is 2.64. The molecule has 0 saturated heterocycles. The van der Waals surface area contributed by atoms with Crippen molar-refractivity contribution < 1.29 is 13.5 Å². The van der Waals surface area contributed by atoms with Crippen LogP contribution in [0, 0.1) is 5.82 Å². The Bertz CT molecular complexity index is 525. The van der Waals surface area contributed by atoms with E-state index in [1.807, 2.05) is 13.8 Å². The molecular weight excluding hydrogens is 235 g/mol. The Morgan fingerprint density at radius 2 is 2.17 bits per heavy atom. The molecule has 0 amide bonds. The maximum absolute atomic E-state index is 13.1. The van der Waals surface area contributed by atoms with E-state index in [4.69, 9.17) is 15.0 Å². The monoisotopic (exact) mass is 252 g/mol. The summed E-state index contributed by atoms with van der Waals surface area (Å²) < 4.78 is 24.2. The van der Waals surface area contributed by atoms with Gasteiger partial charge in [0, 0.05) is 5.39 Å². The topological polar surface area (TPSA) is 60.4 Å². The molecule has 98 valence electrons. The minimum Gasteiger partial charge on any atom is -0.459 e. The highest BCUT2D eigenvalue weighted by Crippen LogP contribution is 2.24. The lowest BCUT2D eigenvalue weighted by atomic mass is 10.2. The summed E-state index contributed by atoms with van der Waals surface area (Å²) in [6.45, 7) is 4.29. The maximum atomic E-state index is 13.1. The lowest BCUT2D eigenvalue weighted by Crippen LogP contribution is -2.31. The first-order chi connectivity index (χ1) is 8.60. The fourth-order valence-corrected chi connectivity index (χ4v) is 1.71. The Hall–Kier alpha value is -1.43. The zero-order chi connectivity index (χ0) is 13.1. The summed E-state index contributed by atoms with van der Waals surface area (Å²) in [6.07, 6.45) is 0.114.